The molecule has 0 fully saturated rings. The van der Waals surface area contributed by atoms with Crippen LogP contribution in [-0.2, 0) is 27.9 Å². The van der Waals surface area contributed by atoms with Gasteiger partial charge in [0.05, 0.1) is 33.8 Å². The van der Waals surface area contributed by atoms with Gasteiger partial charge in [-0.05, 0) is 109 Å². The molecule has 1 amide bonds. The highest BCUT2D eigenvalue weighted by atomic mass is 31.2. The molecule has 0 aromatic heterocycles. The van der Waals surface area contributed by atoms with E-state index >= 15 is 0 Å². The summed E-state index contributed by atoms with van der Waals surface area (Å²) in [5.41, 5.74) is 0. The number of carbonyl (C=O) groups is 2. The fourth-order valence-corrected chi connectivity index (χ4v) is 8.79. The quantitative estimate of drug-likeness (QED) is 0.0205. The van der Waals surface area contributed by atoms with E-state index in [1.807, 2.05) is 33.3 Å². The summed E-state index contributed by atoms with van der Waals surface area (Å²) in [7, 11) is 1.45. The third kappa shape index (κ3) is 53.7. The van der Waals surface area contributed by atoms with Crippen LogP contribution in [-0.4, -0.2) is 74.3 Å². The average Bonchev–Trinajstić information content (AvgIpc) is 3.36. The molecule has 0 bridgehead atoms. The summed E-state index contributed by atoms with van der Waals surface area (Å²) in [4.78, 5) is 37.6. The van der Waals surface area contributed by atoms with Crippen molar-refractivity contribution in [2.75, 3.05) is 40.9 Å². The van der Waals surface area contributed by atoms with Crippen LogP contribution in [0.25, 0.3) is 0 Å². The molecular weight excluding hydrogens is 940 g/mol. The van der Waals surface area contributed by atoms with Crippen molar-refractivity contribution in [3.63, 3.8) is 0 Å². The Kier molecular flexibility index (Phi) is 51.1. The maximum absolute atomic E-state index is 13.5. The van der Waals surface area contributed by atoms with Crippen molar-refractivity contribution in [2.45, 2.75) is 258 Å². The number of esters is 1. The number of carbonyl (C=O) groups excluding carboxylic acids is 2. The van der Waals surface area contributed by atoms with E-state index in [0.29, 0.717) is 23.9 Å². The maximum atomic E-state index is 13.5. The number of rotatable bonds is 53. The second kappa shape index (κ2) is 53.3. The second-order valence-corrected chi connectivity index (χ2v) is 22.6. The second-order valence-electron chi connectivity index (χ2n) is 21.2. The molecule has 0 aromatic rings. The van der Waals surface area contributed by atoms with Crippen LogP contribution < -0.4 is 5.32 Å². The molecule has 0 saturated carbocycles. The van der Waals surface area contributed by atoms with Crippen molar-refractivity contribution in [1.29, 1.82) is 0 Å². The molecule has 0 aliphatic rings. The summed E-state index contributed by atoms with van der Waals surface area (Å²) >= 11 is 0. The summed E-state index contributed by atoms with van der Waals surface area (Å²) in [5.74, 6) is -0.590. The smallest absolute Gasteiger partial charge is 0.456 e. The van der Waals surface area contributed by atoms with Crippen molar-refractivity contribution < 1.29 is 37.3 Å². The van der Waals surface area contributed by atoms with E-state index in [1.54, 1.807) is 0 Å². The zero-order valence-corrected chi connectivity index (χ0v) is 49.4. The first-order valence-corrected chi connectivity index (χ1v) is 31.6. The van der Waals surface area contributed by atoms with E-state index < -0.39 is 20.0 Å². The Morgan fingerprint density at radius 3 is 1.28 bits per heavy atom. The molecule has 9 nitrogen and oxygen atoms in total. The molecule has 0 saturated heterocycles. The molecule has 0 spiro atoms. The summed E-state index contributed by atoms with van der Waals surface area (Å²) in [5, 5.41) is 3.03. The number of likely N-dealkylation sites (N-methyl/N-ethyl adjacent to an activating group) is 1. The van der Waals surface area contributed by atoms with Crippen molar-refractivity contribution in [3.05, 3.63) is 97.2 Å². The first-order valence-electron chi connectivity index (χ1n) is 30.1. The maximum Gasteiger partial charge on any atom is 0.472 e. The summed E-state index contributed by atoms with van der Waals surface area (Å²) in [6.45, 7) is 6.90. The van der Waals surface area contributed by atoms with Crippen molar-refractivity contribution in [3.8, 4) is 0 Å². The lowest BCUT2D eigenvalue weighted by atomic mass is 10.0. The van der Waals surface area contributed by atoms with Gasteiger partial charge in [-0.15, -0.1) is 0 Å². The van der Waals surface area contributed by atoms with Crippen LogP contribution in [0.5, 0.6) is 0 Å². The Morgan fingerprint density at radius 2 is 0.838 bits per heavy atom. The lowest BCUT2D eigenvalue weighted by Crippen LogP contribution is -2.47. The van der Waals surface area contributed by atoms with Crippen LogP contribution in [0.4, 0.5) is 0 Å². The van der Waals surface area contributed by atoms with E-state index in [0.717, 1.165) is 103 Å². The van der Waals surface area contributed by atoms with E-state index in [9.17, 15) is 19.0 Å². The Bertz CT molecular complexity index is 1590. The van der Waals surface area contributed by atoms with Crippen LogP contribution in [0.2, 0.25) is 0 Å². The van der Waals surface area contributed by atoms with Gasteiger partial charge < -0.3 is 19.4 Å². The molecule has 0 aromatic carbocycles. The van der Waals surface area contributed by atoms with Gasteiger partial charge in [-0.25, -0.2) is 4.57 Å². The minimum absolute atomic E-state index is 0.0246. The largest absolute Gasteiger partial charge is 0.472 e. The van der Waals surface area contributed by atoms with E-state index in [4.69, 9.17) is 13.8 Å². The van der Waals surface area contributed by atoms with Gasteiger partial charge in [-0.3, -0.25) is 18.6 Å². The fourth-order valence-electron chi connectivity index (χ4n) is 8.06. The van der Waals surface area contributed by atoms with Crippen LogP contribution >= 0.6 is 7.82 Å². The lowest BCUT2D eigenvalue weighted by molar-refractivity contribution is -0.870. The number of ether oxygens (including phenoxy) is 1. The zero-order valence-electron chi connectivity index (χ0n) is 48.6. The fraction of sp³-hybridized carbons (Fsp3) is 0.719. The van der Waals surface area contributed by atoms with Crippen molar-refractivity contribution in [1.82, 2.24) is 5.32 Å². The van der Waals surface area contributed by atoms with Crippen molar-refractivity contribution in [2.24, 2.45) is 0 Å². The standard InChI is InChI=1S/C64H113N2O7P/c1-7-10-13-16-19-22-25-28-30-32-33-35-36-38-41-44-47-50-53-56-63(67)65-61(60-72-74(69,70)71-59-58-66(4,5)6)62(55-52-49-46-43-40-27-24-21-18-15-12-9-3)73-64(68)57-54-51-48-45-42-39-37-34-31-29-26-23-20-17-14-11-8-2/h19-20,22-23,28-31,33,35,37,39,45,48,52,55,61-62H,7-18,21,24-27,32,34,36,38,40-44,46-47,49-51,53-54,56-60H2,1-6H3,(H-,65,67,69,70)/p+1/b22-19-,23-20-,30-28-,31-29-,35-33-,39-37-,48-45-,55-52+. The molecule has 0 heterocycles. The minimum Gasteiger partial charge on any atom is -0.456 e. The van der Waals surface area contributed by atoms with E-state index in [-0.39, 0.29) is 31.5 Å². The zero-order chi connectivity index (χ0) is 54.3. The van der Waals surface area contributed by atoms with Crippen LogP contribution in [0.15, 0.2) is 97.2 Å². The normalized spacial score (nSPS) is 14.4. The molecule has 0 radical (unpaired) electrons. The predicted octanol–water partition coefficient (Wildman–Crippen LogP) is 18.4. The Hall–Kier alpha value is -3.07. The summed E-state index contributed by atoms with van der Waals surface area (Å²) in [6, 6.07) is -0.882. The molecule has 0 aliphatic heterocycles. The molecule has 2 N–H and O–H groups in total. The third-order valence-corrected chi connectivity index (χ3v) is 13.7. The van der Waals surface area contributed by atoms with Crippen LogP contribution in [0, 0.1) is 0 Å². The minimum atomic E-state index is -4.47. The highest BCUT2D eigenvalue weighted by Gasteiger charge is 2.30. The Morgan fingerprint density at radius 1 is 0.473 bits per heavy atom. The first-order chi connectivity index (χ1) is 35.9. The topological polar surface area (TPSA) is 111 Å². The lowest BCUT2D eigenvalue weighted by Gasteiger charge is -2.27. The number of nitrogens with one attached hydrogen (secondary N) is 1. The van der Waals surface area contributed by atoms with Gasteiger partial charge >= 0.3 is 13.8 Å². The van der Waals surface area contributed by atoms with Gasteiger partial charge in [-0.2, -0.15) is 0 Å². The average molecular weight is 1050 g/mol. The molecule has 0 rings (SSSR count). The Labute approximate surface area is 456 Å². The predicted molar refractivity (Wildman–Crippen MR) is 318 cm³/mol. The molecule has 74 heavy (non-hydrogen) atoms. The number of hydrogen-bond acceptors (Lipinski definition) is 6. The number of quaternary nitrogens is 1. The van der Waals surface area contributed by atoms with Crippen LogP contribution in [0.3, 0.4) is 0 Å². The van der Waals surface area contributed by atoms with Gasteiger partial charge in [0.1, 0.15) is 19.3 Å². The molecule has 3 atom stereocenters. The number of amides is 1. The van der Waals surface area contributed by atoms with Gasteiger partial charge in [0.2, 0.25) is 5.91 Å². The molecule has 3 unspecified atom stereocenters. The van der Waals surface area contributed by atoms with Gasteiger partial charge in [-0.1, -0.05) is 221 Å². The monoisotopic (exact) mass is 1050 g/mol. The van der Waals surface area contributed by atoms with E-state index in [2.05, 4.69) is 111 Å². The number of phosphoric acid groups is 1. The highest BCUT2D eigenvalue weighted by molar-refractivity contribution is 7.47. The number of unbranched alkanes of at least 4 members (excludes halogenated alkanes) is 23. The van der Waals surface area contributed by atoms with Gasteiger partial charge in [0.15, 0.2) is 0 Å². The molecular formula is C64H114N2O7P+. The number of nitrogens with zero attached hydrogens (tertiary/aromatic N) is 1. The first kappa shape index (κ1) is 70.9. The van der Waals surface area contributed by atoms with Crippen LogP contribution in [0.1, 0.15) is 245 Å². The Balaban J connectivity index is 5.42. The highest BCUT2D eigenvalue weighted by Crippen LogP contribution is 2.43. The summed E-state index contributed by atoms with van der Waals surface area (Å²) in [6.07, 6.45) is 71.2. The molecule has 0 aliphatic carbocycles. The SMILES string of the molecule is CCCCC/C=C\C/C=C\C/C=C\C/C=C\CCCC(=O)OC(/C=C/CCCCCCCCCCCC)C(COP(=O)(O)OCC[N+](C)(C)C)NC(=O)CCCCCCCC/C=C\C/C=C\C/C=C\CCCCC. The van der Waals surface area contributed by atoms with Gasteiger partial charge in [0, 0.05) is 12.8 Å². The summed E-state index contributed by atoms with van der Waals surface area (Å²) < 4.78 is 30.6. The molecule has 426 valence electrons. The molecule has 10 heteroatoms. The number of hydrogen-bond donors (Lipinski definition) is 2. The third-order valence-electron chi connectivity index (χ3n) is 12.7. The van der Waals surface area contributed by atoms with Gasteiger partial charge in [0.25, 0.3) is 0 Å². The van der Waals surface area contributed by atoms with Crippen molar-refractivity contribution >= 4 is 19.7 Å². The number of allylic oxidation sites excluding steroid dienone is 15. The number of phosphoric ester groups is 1. The van der Waals surface area contributed by atoms with E-state index in [1.165, 1.54) is 103 Å².